The Bertz CT molecular complexity index is 599. The van der Waals surface area contributed by atoms with Crippen LogP contribution in [0.15, 0.2) is 28.7 Å². The monoisotopic (exact) mass is 301 g/mol. The summed E-state index contributed by atoms with van der Waals surface area (Å²) < 4.78 is 5.65. The zero-order valence-corrected chi connectivity index (χ0v) is 13.0. The molecule has 1 N–H and O–H groups in total. The van der Waals surface area contributed by atoms with Crippen molar-refractivity contribution in [3.05, 3.63) is 30.2 Å². The lowest BCUT2D eigenvalue weighted by atomic mass is 10.1. The second kappa shape index (κ2) is 6.92. The molecule has 2 heterocycles. The Balaban J connectivity index is 1.44. The number of benzene rings is 1. The van der Waals surface area contributed by atoms with Gasteiger partial charge in [-0.15, -0.1) is 0 Å². The van der Waals surface area contributed by atoms with Crippen molar-refractivity contribution in [2.75, 3.05) is 26.2 Å². The van der Waals surface area contributed by atoms with Crippen LogP contribution in [0.2, 0.25) is 0 Å². The number of aromatic nitrogens is 1. The third-order valence-corrected chi connectivity index (χ3v) is 4.15. The predicted molar refractivity (Wildman–Crippen MR) is 85.6 cm³/mol. The van der Waals surface area contributed by atoms with Crippen molar-refractivity contribution in [1.29, 1.82) is 0 Å². The molecule has 0 unspecified atom stereocenters. The molecule has 0 radical (unpaired) electrons. The Morgan fingerprint density at radius 1 is 1.36 bits per heavy atom. The molecule has 5 nitrogen and oxygen atoms in total. The van der Waals surface area contributed by atoms with Crippen LogP contribution in [0.25, 0.3) is 11.1 Å². The molecule has 1 aromatic heterocycles. The van der Waals surface area contributed by atoms with Gasteiger partial charge in [-0.3, -0.25) is 4.79 Å². The molecule has 0 bridgehead atoms. The Labute approximate surface area is 130 Å². The first-order chi connectivity index (χ1) is 10.7. The SMILES string of the molecule is C[C@@H](CN1CCCC1)C(=O)NCCc1nc2ccccc2o1. The second-order valence-corrected chi connectivity index (χ2v) is 6.03. The molecule has 1 aliphatic rings. The molecule has 0 aliphatic carbocycles. The van der Waals surface area contributed by atoms with E-state index in [0.717, 1.165) is 30.7 Å². The number of nitrogens with one attached hydrogen (secondary N) is 1. The van der Waals surface area contributed by atoms with E-state index in [2.05, 4.69) is 15.2 Å². The van der Waals surface area contributed by atoms with Gasteiger partial charge in [-0.25, -0.2) is 4.98 Å². The van der Waals surface area contributed by atoms with E-state index in [1.165, 1.54) is 12.8 Å². The van der Waals surface area contributed by atoms with Crippen LogP contribution < -0.4 is 5.32 Å². The van der Waals surface area contributed by atoms with E-state index < -0.39 is 0 Å². The number of oxazole rings is 1. The molecule has 0 spiro atoms. The molecule has 5 heteroatoms. The Kier molecular flexibility index (Phi) is 4.73. The third-order valence-electron chi connectivity index (χ3n) is 4.15. The van der Waals surface area contributed by atoms with Crippen LogP contribution in [-0.2, 0) is 11.2 Å². The first kappa shape index (κ1) is 15.0. The maximum Gasteiger partial charge on any atom is 0.224 e. The summed E-state index contributed by atoms with van der Waals surface area (Å²) in [6, 6.07) is 7.71. The zero-order chi connectivity index (χ0) is 15.4. The van der Waals surface area contributed by atoms with E-state index in [1.807, 2.05) is 31.2 Å². The van der Waals surface area contributed by atoms with Crippen molar-refractivity contribution < 1.29 is 9.21 Å². The number of likely N-dealkylation sites (tertiary alicyclic amines) is 1. The predicted octanol–water partition coefficient (Wildman–Crippen LogP) is 2.22. The molecule has 1 atom stereocenters. The van der Waals surface area contributed by atoms with Crippen LogP contribution in [0.1, 0.15) is 25.7 Å². The summed E-state index contributed by atoms with van der Waals surface area (Å²) in [5, 5.41) is 2.98. The van der Waals surface area contributed by atoms with Crippen molar-refractivity contribution in [3.63, 3.8) is 0 Å². The van der Waals surface area contributed by atoms with Crippen LogP contribution in [0, 0.1) is 5.92 Å². The molecule has 1 amide bonds. The minimum absolute atomic E-state index is 0.0294. The number of hydrogen-bond acceptors (Lipinski definition) is 4. The molecular weight excluding hydrogens is 278 g/mol. The number of nitrogens with zero attached hydrogens (tertiary/aromatic N) is 2. The van der Waals surface area contributed by atoms with Gasteiger partial charge >= 0.3 is 0 Å². The summed E-state index contributed by atoms with van der Waals surface area (Å²) in [5.74, 6) is 0.818. The number of carbonyl (C=O) groups excluding carboxylic acids is 1. The van der Waals surface area contributed by atoms with E-state index in [1.54, 1.807) is 0 Å². The maximum absolute atomic E-state index is 12.1. The molecule has 22 heavy (non-hydrogen) atoms. The average molecular weight is 301 g/mol. The van der Waals surface area contributed by atoms with Crippen molar-refractivity contribution in [2.45, 2.75) is 26.2 Å². The number of fused-ring (bicyclic) bond motifs is 1. The van der Waals surface area contributed by atoms with Crippen LogP contribution in [0.4, 0.5) is 0 Å². The van der Waals surface area contributed by atoms with Gasteiger partial charge < -0.3 is 14.6 Å². The highest BCUT2D eigenvalue weighted by Crippen LogP contribution is 2.14. The summed E-state index contributed by atoms with van der Waals surface area (Å²) in [7, 11) is 0. The lowest BCUT2D eigenvalue weighted by Crippen LogP contribution is -2.37. The van der Waals surface area contributed by atoms with Gasteiger partial charge in [0.05, 0.1) is 0 Å². The van der Waals surface area contributed by atoms with Gasteiger partial charge in [0.2, 0.25) is 5.91 Å². The van der Waals surface area contributed by atoms with Gasteiger partial charge in [-0.2, -0.15) is 0 Å². The van der Waals surface area contributed by atoms with Crippen molar-refractivity contribution >= 4 is 17.0 Å². The quantitative estimate of drug-likeness (QED) is 0.889. The first-order valence-corrected chi connectivity index (χ1v) is 8.07. The molecule has 2 aromatic rings. The fraction of sp³-hybridized carbons (Fsp3) is 0.529. The average Bonchev–Trinajstić information content (AvgIpc) is 3.15. The second-order valence-electron chi connectivity index (χ2n) is 6.03. The molecule has 118 valence electrons. The van der Waals surface area contributed by atoms with E-state index in [0.29, 0.717) is 18.9 Å². The lowest BCUT2D eigenvalue weighted by molar-refractivity contribution is -0.124. The minimum Gasteiger partial charge on any atom is -0.441 e. The van der Waals surface area contributed by atoms with Gasteiger partial charge in [0.1, 0.15) is 5.52 Å². The number of carbonyl (C=O) groups is 1. The van der Waals surface area contributed by atoms with Gasteiger partial charge in [-0.05, 0) is 38.1 Å². The topological polar surface area (TPSA) is 58.4 Å². The molecule has 0 saturated carbocycles. The molecule has 1 aromatic carbocycles. The number of amides is 1. The van der Waals surface area contributed by atoms with Gasteiger partial charge in [0.15, 0.2) is 11.5 Å². The van der Waals surface area contributed by atoms with Crippen molar-refractivity contribution in [1.82, 2.24) is 15.2 Å². The van der Waals surface area contributed by atoms with Crippen LogP contribution in [0.3, 0.4) is 0 Å². The summed E-state index contributed by atoms with van der Waals surface area (Å²) in [6.45, 7) is 5.67. The Morgan fingerprint density at radius 2 is 2.14 bits per heavy atom. The van der Waals surface area contributed by atoms with Gasteiger partial charge in [0.25, 0.3) is 0 Å². The summed E-state index contributed by atoms with van der Waals surface area (Å²) >= 11 is 0. The third kappa shape index (κ3) is 3.65. The van der Waals surface area contributed by atoms with Crippen molar-refractivity contribution in [3.8, 4) is 0 Å². The number of para-hydroxylation sites is 2. The van der Waals surface area contributed by atoms with Crippen molar-refractivity contribution in [2.24, 2.45) is 5.92 Å². The van der Waals surface area contributed by atoms with E-state index >= 15 is 0 Å². The largest absolute Gasteiger partial charge is 0.441 e. The highest BCUT2D eigenvalue weighted by atomic mass is 16.3. The number of hydrogen-bond donors (Lipinski definition) is 1. The molecule has 3 rings (SSSR count). The van der Waals surface area contributed by atoms with Gasteiger partial charge in [-0.1, -0.05) is 19.1 Å². The fourth-order valence-electron chi connectivity index (χ4n) is 2.93. The minimum atomic E-state index is 0.0294. The van der Waals surface area contributed by atoms with E-state index in [4.69, 9.17) is 4.42 Å². The molecular formula is C17H23N3O2. The Morgan fingerprint density at radius 3 is 2.91 bits per heavy atom. The molecule has 1 aliphatic heterocycles. The zero-order valence-electron chi connectivity index (χ0n) is 13.0. The molecule has 1 fully saturated rings. The standard InChI is InChI=1S/C17H23N3O2/c1-13(12-20-10-4-5-11-20)17(21)18-9-8-16-19-14-6-2-3-7-15(14)22-16/h2-3,6-7,13H,4-5,8-12H2,1H3,(H,18,21)/t13-/m0/s1. The smallest absolute Gasteiger partial charge is 0.224 e. The normalized spacial score (nSPS) is 17.0. The summed E-state index contributed by atoms with van der Waals surface area (Å²) in [5.41, 5.74) is 1.66. The maximum atomic E-state index is 12.1. The van der Waals surface area contributed by atoms with Crippen LogP contribution >= 0.6 is 0 Å². The van der Waals surface area contributed by atoms with Crippen LogP contribution in [0.5, 0.6) is 0 Å². The summed E-state index contributed by atoms with van der Waals surface area (Å²) in [4.78, 5) is 18.9. The van der Waals surface area contributed by atoms with Crippen LogP contribution in [-0.4, -0.2) is 42.0 Å². The fourth-order valence-corrected chi connectivity index (χ4v) is 2.93. The first-order valence-electron chi connectivity index (χ1n) is 8.07. The van der Waals surface area contributed by atoms with E-state index in [-0.39, 0.29) is 11.8 Å². The lowest BCUT2D eigenvalue weighted by Gasteiger charge is -2.19. The number of rotatable bonds is 6. The highest BCUT2D eigenvalue weighted by Gasteiger charge is 2.19. The molecule has 1 saturated heterocycles. The van der Waals surface area contributed by atoms with E-state index in [9.17, 15) is 4.79 Å². The Hall–Kier alpha value is -1.88. The highest BCUT2D eigenvalue weighted by molar-refractivity contribution is 5.78. The summed E-state index contributed by atoms with van der Waals surface area (Å²) in [6.07, 6.45) is 3.13. The van der Waals surface area contributed by atoms with Gasteiger partial charge in [0, 0.05) is 25.4 Å².